The van der Waals surface area contributed by atoms with Crippen LogP contribution >= 0.6 is 34.4 Å². The van der Waals surface area contributed by atoms with Crippen molar-refractivity contribution in [1.29, 1.82) is 0 Å². The normalized spacial score (nSPS) is 11.6. The van der Waals surface area contributed by atoms with E-state index in [1.165, 1.54) is 22.7 Å². The van der Waals surface area contributed by atoms with Gasteiger partial charge in [0.15, 0.2) is 0 Å². The SMILES string of the molecule is O=C(O)CSC(=O)[C@H](CCCCNC(=O)Cc1cccs1)NC(=O)Cc1cccs1. The van der Waals surface area contributed by atoms with Crippen LogP contribution < -0.4 is 10.6 Å². The summed E-state index contributed by atoms with van der Waals surface area (Å²) < 4.78 is 0. The van der Waals surface area contributed by atoms with Gasteiger partial charge in [-0.25, -0.2) is 0 Å². The summed E-state index contributed by atoms with van der Waals surface area (Å²) in [7, 11) is 0. The second-order valence-corrected chi connectivity index (χ2v) is 9.52. The molecule has 2 aromatic heterocycles. The zero-order valence-electron chi connectivity index (χ0n) is 16.3. The van der Waals surface area contributed by atoms with Crippen molar-refractivity contribution in [3.05, 3.63) is 44.8 Å². The van der Waals surface area contributed by atoms with Gasteiger partial charge in [0.25, 0.3) is 0 Å². The van der Waals surface area contributed by atoms with Gasteiger partial charge in [-0.3, -0.25) is 19.2 Å². The molecule has 0 aliphatic heterocycles. The van der Waals surface area contributed by atoms with Crippen molar-refractivity contribution in [2.24, 2.45) is 0 Å². The summed E-state index contributed by atoms with van der Waals surface area (Å²) in [6.45, 7) is 0.483. The van der Waals surface area contributed by atoms with Crippen LogP contribution in [0, 0.1) is 0 Å². The number of thiophene rings is 2. The van der Waals surface area contributed by atoms with Crippen molar-refractivity contribution in [3.8, 4) is 0 Å². The Hall–Kier alpha value is -2.17. The van der Waals surface area contributed by atoms with Crippen LogP contribution in [0.25, 0.3) is 0 Å². The van der Waals surface area contributed by atoms with Crippen molar-refractivity contribution in [2.75, 3.05) is 12.3 Å². The van der Waals surface area contributed by atoms with Gasteiger partial charge in [-0.05, 0) is 42.2 Å². The van der Waals surface area contributed by atoms with Crippen LogP contribution in [0.2, 0.25) is 0 Å². The van der Waals surface area contributed by atoms with Gasteiger partial charge in [0.2, 0.25) is 16.9 Å². The number of carbonyl (C=O) groups excluding carboxylic acids is 3. The maximum absolute atomic E-state index is 12.4. The van der Waals surface area contributed by atoms with Crippen molar-refractivity contribution >= 4 is 57.3 Å². The van der Waals surface area contributed by atoms with Gasteiger partial charge in [-0.1, -0.05) is 23.9 Å². The summed E-state index contributed by atoms with van der Waals surface area (Å²) in [5.74, 6) is -1.73. The summed E-state index contributed by atoms with van der Waals surface area (Å²) in [5.41, 5.74) is 0. The quantitative estimate of drug-likeness (QED) is 0.390. The first-order valence-electron chi connectivity index (χ1n) is 9.43. The highest BCUT2D eigenvalue weighted by Crippen LogP contribution is 2.14. The van der Waals surface area contributed by atoms with E-state index in [0.717, 1.165) is 9.75 Å². The van der Waals surface area contributed by atoms with Crippen LogP contribution in [0.1, 0.15) is 29.0 Å². The largest absolute Gasteiger partial charge is 0.481 e. The highest BCUT2D eigenvalue weighted by molar-refractivity contribution is 8.14. The molecule has 0 saturated heterocycles. The number of carboxylic acid groups (broad SMARTS) is 1. The van der Waals surface area contributed by atoms with Gasteiger partial charge in [-0.15, -0.1) is 22.7 Å². The number of amides is 2. The Morgan fingerprint density at radius 2 is 1.60 bits per heavy atom. The highest BCUT2D eigenvalue weighted by Gasteiger charge is 2.22. The van der Waals surface area contributed by atoms with E-state index in [4.69, 9.17) is 5.11 Å². The van der Waals surface area contributed by atoms with Gasteiger partial charge in [-0.2, -0.15) is 0 Å². The van der Waals surface area contributed by atoms with E-state index >= 15 is 0 Å². The zero-order chi connectivity index (χ0) is 21.8. The first-order valence-corrected chi connectivity index (χ1v) is 12.2. The molecule has 2 amide bonds. The number of nitrogens with one attached hydrogen (secondary N) is 2. The molecule has 0 unspecified atom stereocenters. The monoisotopic (exact) mass is 468 g/mol. The fourth-order valence-electron chi connectivity index (χ4n) is 2.63. The summed E-state index contributed by atoms with van der Waals surface area (Å²) >= 11 is 3.69. The molecule has 0 spiro atoms. The molecule has 0 saturated carbocycles. The Balaban J connectivity index is 1.75. The lowest BCUT2D eigenvalue weighted by molar-refractivity contribution is -0.134. The number of carboxylic acids is 1. The number of hydrogen-bond donors (Lipinski definition) is 3. The molecule has 2 heterocycles. The minimum atomic E-state index is -1.08. The highest BCUT2D eigenvalue weighted by atomic mass is 32.2. The molecule has 0 aliphatic rings. The van der Waals surface area contributed by atoms with Crippen molar-refractivity contribution in [1.82, 2.24) is 10.6 Å². The lowest BCUT2D eigenvalue weighted by atomic mass is 10.1. The molecular weight excluding hydrogens is 444 g/mol. The van der Waals surface area contributed by atoms with Gasteiger partial charge in [0.1, 0.15) is 0 Å². The standard InChI is InChI=1S/C20H24N2O5S3/c23-17(11-14-5-3-9-28-14)21-8-2-1-7-16(20(27)30-13-19(25)26)22-18(24)12-15-6-4-10-29-15/h3-6,9-10,16H,1-2,7-8,11-13H2,(H,21,23)(H,22,24)(H,25,26)/t16-/m0/s1. The first-order chi connectivity index (χ1) is 14.4. The van der Waals surface area contributed by atoms with E-state index in [2.05, 4.69) is 10.6 Å². The lowest BCUT2D eigenvalue weighted by Crippen LogP contribution is -2.40. The van der Waals surface area contributed by atoms with E-state index in [1.54, 1.807) is 0 Å². The zero-order valence-corrected chi connectivity index (χ0v) is 18.7. The van der Waals surface area contributed by atoms with Gasteiger partial charge >= 0.3 is 5.97 Å². The molecular formula is C20H24N2O5S3. The molecule has 2 aromatic rings. The summed E-state index contributed by atoms with van der Waals surface area (Å²) in [6, 6.07) is 6.77. The summed E-state index contributed by atoms with van der Waals surface area (Å²) in [6.07, 6.45) is 2.20. The third kappa shape index (κ3) is 9.55. The van der Waals surface area contributed by atoms with Crippen LogP contribution in [-0.2, 0) is 32.0 Å². The Labute approximate surface area is 187 Å². The van der Waals surface area contributed by atoms with Crippen LogP contribution in [0.4, 0.5) is 0 Å². The molecule has 0 fully saturated rings. The Bertz CT molecular complexity index is 822. The molecule has 10 heteroatoms. The Kier molecular flexibility index (Phi) is 10.6. The number of hydrogen-bond acceptors (Lipinski definition) is 7. The van der Waals surface area contributed by atoms with E-state index in [1.807, 2.05) is 35.0 Å². The van der Waals surface area contributed by atoms with Crippen LogP contribution in [0.5, 0.6) is 0 Å². The molecule has 3 N–H and O–H groups in total. The van der Waals surface area contributed by atoms with E-state index < -0.39 is 12.0 Å². The molecule has 162 valence electrons. The maximum Gasteiger partial charge on any atom is 0.313 e. The first kappa shape index (κ1) is 24.1. The number of unbranched alkanes of at least 4 members (excludes halogenated alkanes) is 1. The number of carbonyl (C=O) groups is 4. The van der Waals surface area contributed by atoms with E-state index in [9.17, 15) is 19.2 Å². The summed E-state index contributed by atoms with van der Waals surface area (Å²) in [5, 5.41) is 17.8. The van der Waals surface area contributed by atoms with Crippen molar-refractivity contribution in [3.63, 3.8) is 0 Å². The predicted octanol–water partition coefficient (Wildman–Crippen LogP) is 2.71. The predicted molar refractivity (Wildman–Crippen MR) is 120 cm³/mol. The minimum Gasteiger partial charge on any atom is -0.481 e. The molecule has 30 heavy (non-hydrogen) atoms. The fourth-order valence-corrected chi connectivity index (χ4v) is 4.69. The molecule has 7 nitrogen and oxygen atoms in total. The second-order valence-electron chi connectivity index (χ2n) is 6.48. The third-order valence-electron chi connectivity index (χ3n) is 4.03. The average molecular weight is 469 g/mol. The second kappa shape index (κ2) is 13.2. The third-order valence-corrected chi connectivity index (χ3v) is 6.74. The van der Waals surface area contributed by atoms with E-state index in [0.29, 0.717) is 44.0 Å². The van der Waals surface area contributed by atoms with E-state index in [-0.39, 0.29) is 29.1 Å². The Morgan fingerprint density at radius 3 is 2.17 bits per heavy atom. The van der Waals surface area contributed by atoms with Crippen LogP contribution in [0.15, 0.2) is 35.0 Å². The van der Waals surface area contributed by atoms with Gasteiger partial charge in [0, 0.05) is 16.3 Å². The Morgan fingerprint density at radius 1 is 0.967 bits per heavy atom. The van der Waals surface area contributed by atoms with Crippen LogP contribution in [0.3, 0.4) is 0 Å². The molecule has 0 aliphatic carbocycles. The van der Waals surface area contributed by atoms with Gasteiger partial charge in [0.05, 0.1) is 24.6 Å². The number of rotatable bonds is 13. The van der Waals surface area contributed by atoms with Crippen molar-refractivity contribution in [2.45, 2.75) is 38.1 Å². The number of aliphatic carboxylic acids is 1. The summed E-state index contributed by atoms with van der Waals surface area (Å²) in [4.78, 5) is 49.1. The lowest BCUT2D eigenvalue weighted by Gasteiger charge is -2.17. The molecule has 1 atom stereocenters. The molecule has 2 rings (SSSR count). The van der Waals surface area contributed by atoms with Crippen LogP contribution in [-0.4, -0.2) is 46.3 Å². The minimum absolute atomic E-state index is 0.0497. The molecule has 0 bridgehead atoms. The smallest absolute Gasteiger partial charge is 0.313 e. The fraction of sp³-hybridized carbons (Fsp3) is 0.400. The topological polar surface area (TPSA) is 113 Å². The van der Waals surface area contributed by atoms with Crippen molar-refractivity contribution < 1.29 is 24.3 Å². The molecule has 0 radical (unpaired) electrons. The number of thioether (sulfide) groups is 1. The van der Waals surface area contributed by atoms with Gasteiger partial charge < -0.3 is 15.7 Å². The maximum atomic E-state index is 12.4. The molecule has 0 aromatic carbocycles. The average Bonchev–Trinajstić information content (AvgIpc) is 3.39.